The highest BCUT2D eigenvalue weighted by molar-refractivity contribution is 7.93. The first-order chi connectivity index (χ1) is 24.3. The second-order valence-electron chi connectivity index (χ2n) is 10.5. The van der Waals surface area contributed by atoms with Gasteiger partial charge in [-0.15, -0.1) is 0 Å². The normalized spacial score (nSPS) is 11.4. The van der Waals surface area contributed by atoms with E-state index in [1.54, 1.807) is 16.7 Å². The molecule has 14 nitrogen and oxygen atoms in total. The number of amides is 2. The molecule has 52 heavy (non-hydrogen) atoms. The molecule has 0 aliphatic rings. The summed E-state index contributed by atoms with van der Waals surface area (Å²) in [6.45, 7) is 11.4. The molecule has 2 aromatic heterocycles. The Morgan fingerprint density at radius 3 is 1.35 bits per heavy atom. The molecule has 2 heterocycles. The summed E-state index contributed by atoms with van der Waals surface area (Å²) < 4.78 is 63.0. The average molecular weight is 895 g/mol. The summed E-state index contributed by atoms with van der Waals surface area (Å²) >= 11 is 31.3. The number of benzene rings is 2. The second-order valence-corrected chi connectivity index (χ2v) is 17.3. The molecule has 0 radical (unpaired) electrons. The Morgan fingerprint density at radius 1 is 0.635 bits per heavy atom. The van der Waals surface area contributed by atoms with Crippen molar-refractivity contribution in [3.63, 3.8) is 0 Å². The highest BCUT2D eigenvalue weighted by atomic mass is 35.5. The fourth-order valence-electron chi connectivity index (χ4n) is 4.53. The molecule has 2 aromatic carbocycles. The molecule has 0 bridgehead atoms. The number of anilines is 2. The number of carbonyl (C=O) groups excluding carboxylic acids is 2. The number of aryl methyl sites for hydroxylation is 1. The third kappa shape index (κ3) is 11.7. The molecule has 0 atom stereocenters. The van der Waals surface area contributed by atoms with Gasteiger partial charge in [-0.1, -0.05) is 58.0 Å². The Labute approximate surface area is 335 Å². The maximum atomic E-state index is 12.6. The summed E-state index contributed by atoms with van der Waals surface area (Å²) in [7, 11) is -8.05. The van der Waals surface area contributed by atoms with Gasteiger partial charge < -0.3 is 9.80 Å². The van der Waals surface area contributed by atoms with Crippen LogP contribution in [0.4, 0.5) is 10.3 Å². The number of carbonyl (C=O) groups is 2. The molecular formula is C29H33Cl5N8O6S4. The quantitative estimate of drug-likeness (QED) is 0.133. The van der Waals surface area contributed by atoms with E-state index in [1.807, 2.05) is 27.7 Å². The van der Waals surface area contributed by atoms with Crippen molar-refractivity contribution in [3.8, 4) is 0 Å². The Hall–Kier alpha value is -2.55. The lowest BCUT2D eigenvalue weighted by Crippen LogP contribution is -2.32. The van der Waals surface area contributed by atoms with Crippen molar-refractivity contribution in [2.75, 3.05) is 35.6 Å². The summed E-state index contributed by atoms with van der Waals surface area (Å²) in [6.07, 6.45) is 0.00298. The molecule has 4 aromatic rings. The van der Waals surface area contributed by atoms with Crippen molar-refractivity contribution in [2.45, 2.75) is 57.3 Å². The molecule has 0 spiro atoms. The van der Waals surface area contributed by atoms with E-state index in [-0.39, 0.29) is 76.4 Å². The van der Waals surface area contributed by atoms with Gasteiger partial charge in [0.2, 0.25) is 22.1 Å². The maximum Gasteiger partial charge on any atom is 0.266 e. The minimum Gasteiger partial charge on any atom is -0.343 e. The first-order valence-corrected chi connectivity index (χ1v) is 21.6. The third-order valence-electron chi connectivity index (χ3n) is 6.93. The number of hydrogen-bond donors (Lipinski definition) is 2. The molecule has 0 saturated carbocycles. The number of nitrogens with zero attached hydrogens (tertiary/aromatic N) is 6. The molecule has 2 amide bonds. The van der Waals surface area contributed by atoms with Gasteiger partial charge in [-0.2, -0.15) is 8.75 Å². The van der Waals surface area contributed by atoms with Crippen molar-refractivity contribution < 1.29 is 26.4 Å². The predicted molar refractivity (Wildman–Crippen MR) is 207 cm³/mol. The lowest BCUT2D eigenvalue weighted by molar-refractivity contribution is -0.131. The number of sulfonamides is 2. The van der Waals surface area contributed by atoms with Crippen LogP contribution in [-0.4, -0.2) is 83.3 Å². The highest BCUT2D eigenvalue weighted by Gasteiger charge is 2.26. The number of nitrogens with one attached hydrogen (secondary N) is 2. The standard InChI is InChI=1S/C15H18Cl2N4O3S2.C14H15Cl3N4O3S2/c1-4-21(5-2)13(22)8-12-18-15(25-19-12)20-26(23,24)14-9(3)6-10(16)7-11(14)17;1-3-21(4-2)12(22)7-11-18-14(25-19-11)20-26(23,24)13-9(16)5-8(15)6-10(13)17/h6-7H,4-5,8H2,1-3H3,(H,18,19,20);5-6H,3-4,7H2,1-2H3,(H,18,19,20). The summed E-state index contributed by atoms with van der Waals surface area (Å²) in [5.41, 5.74) is 0.413. The first-order valence-electron chi connectivity index (χ1n) is 15.2. The van der Waals surface area contributed by atoms with Crippen LogP contribution in [0, 0.1) is 6.92 Å². The van der Waals surface area contributed by atoms with E-state index in [1.165, 1.54) is 24.3 Å². The Kier molecular flexibility index (Phi) is 16.2. The number of hydrogen-bond acceptors (Lipinski definition) is 12. The number of halogens is 5. The van der Waals surface area contributed by atoms with E-state index in [9.17, 15) is 26.4 Å². The maximum absolute atomic E-state index is 12.6. The molecule has 2 N–H and O–H groups in total. The molecule has 284 valence electrons. The van der Waals surface area contributed by atoms with Crippen LogP contribution in [0.15, 0.2) is 34.1 Å². The van der Waals surface area contributed by atoms with E-state index in [2.05, 4.69) is 28.2 Å². The highest BCUT2D eigenvalue weighted by Crippen LogP contribution is 2.34. The molecule has 0 aliphatic heterocycles. The molecule has 0 aliphatic carbocycles. The van der Waals surface area contributed by atoms with Crippen LogP contribution in [0.1, 0.15) is 44.9 Å². The van der Waals surface area contributed by atoms with Gasteiger partial charge in [0.05, 0.1) is 27.9 Å². The van der Waals surface area contributed by atoms with Crippen LogP contribution >= 0.6 is 81.1 Å². The topological polar surface area (TPSA) is 185 Å². The Morgan fingerprint density at radius 2 is 0.981 bits per heavy atom. The van der Waals surface area contributed by atoms with E-state index in [4.69, 9.17) is 58.0 Å². The SMILES string of the molecule is CCN(CC)C(=O)Cc1nsc(NS(=O)(=O)c2c(C)cc(Cl)cc2Cl)n1.CCN(CC)C(=O)Cc1nsc(NS(=O)(=O)c2c(Cl)cc(Cl)cc2Cl)n1. The largest absolute Gasteiger partial charge is 0.343 e. The summed E-state index contributed by atoms with van der Waals surface area (Å²) in [5.74, 6) is 0.256. The summed E-state index contributed by atoms with van der Waals surface area (Å²) in [6, 6.07) is 5.42. The Bertz CT molecular complexity index is 1930. The van der Waals surface area contributed by atoms with Gasteiger partial charge in [0.25, 0.3) is 20.0 Å². The molecule has 23 heteroatoms. The van der Waals surface area contributed by atoms with E-state index in [0.29, 0.717) is 36.8 Å². The minimum absolute atomic E-state index is 0.00873. The Balaban J connectivity index is 0.000000280. The lowest BCUT2D eigenvalue weighted by atomic mass is 10.2. The zero-order valence-corrected chi connectivity index (χ0v) is 35.3. The average Bonchev–Trinajstić information content (AvgIpc) is 3.65. The van der Waals surface area contributed by atoms with Gasteiger partial charge in [-0.05, 0) is 64.4 Å². The van der Waals surface area contributed by atoms with Gasteiger partial charge >= 0.3 is 0 Å². The number of likely N-dealkylation sites (N-methyl/N-ethyl adjacent to an activating group) is 2. The number of rotatable bonds is 14. The fraction of sp³-hybridized carbons (Fsp3) is 0.379. The van der Waals surface area contributed by atoms with Crippen molar-refractivity contribution in [1.82, 2.24) is 28.5 Å². The molecule has 0 unspecified atom stereocenters. The predicted octanol–water partition coefficient (Wildman–Crippen LogP) is 7.08. The van der Waals surface area contributed by atoms with Gasteiger partial charge in [-0.25, -0.2) is 26.8 Å². The van der Waals surface area contributed by atoms with Gasteiger partial charge in [0, 0.05) is 59.3 Å². The zero-order chi connectivity index (χ0) is 39.0. The zero-order valence-electron chi connectivity index (χ0n) is 28.2. The van der Waals surface area contributed by atoms with Gasteiger partial charge in [-0.3, -0.25) is 19.0 Å². The van der Waals surface area contributed by atoms with Crippen molar-refractivity contribution in [2.24, 2.45) is 0 Å². The summed E-state index contributed by atoms with van der Waals surface area (Å²) in [5, 5.41) is 0.427. The summed E-state index contributed by atoms with van der Waals surface area (Å²) in [4.78, 5) is 35.2. The minimum atomic E-state index is -4.09. The van der Waals surface area contributed by atoms with Crippen molar-refractivity contribution >= 4 is 123 Å². The lowest BCUT2D eigenvalue weighted by Gasteiger charge is -2.17. The second kappa shape index (κ2) is 19.2. The molecule has 0 fully saturated rings. The van der Waals surface area contributed by atoms with Crippen molar-refractivity contribution in [1.29, 1.82) is 0 Å². The van der Waals surface area contributed by atoms with Gasteiger partial charge in [0.1, 0.15) is 9.79 Å². The van der Waals surface area contributed by atoms with Gasteiger partial charge in [0.15, 0.2) is 11.6 Å². The van der Waals surface area contributed by atoms with Crippen LogP contribution in [-0.2, 0) is 42.5 Å². The first kappa shape index (κ1) is 43.9. The van der Waals surface area contributed by atoms with E-state index < -0.39 is 20.0 Å². The number of aromatic nitrogens is 4. The molecular weight excluding hydrogens is 862 g/mol. The van der Waals surface area contributed by atoms with Crippen LogP contribution < -0.4 is 9.44 Å². The third-order valence-corrected chi connectivity index (χ3v) is 13.2. The smallest absolute Gasteiger partial charge is 0.266 e. The van der Waals surface area contributed by atoms with Crippen LogP contribution in [0.3, 0.4) is 0 Å². The van der Waals surface area contributed by atoms with E-state index >= 15 is 0 Å². The molecule has 4 rings (SSSR count). The van der Waals surface area contributed by atoms with Crippen molar-refractivity contribution in [3.05, 3.63) is 66.6 Å². The monoisotopic (exact) mass is 892 g/mol. The van der Waals surface area contributed by atoms with E-state index in [0.717, 1.165) is 23.1 Å². The van der Waals surface area contributed by atoms with Crippen LogP contribution in [0.5, 0.6) is 0 Å². The van der Waals surface area contributed by atoms with Crippen LogP contribution in [0.2, 0.25) is 25.1 Å². The molecule has 0 saturated heterocycles. The van der Waals surface area contributed by atoms with Crippen LogP contribution in [0.25, 0.3) is 0 Å². The fourth-order valence-corrected chi connectivity index (χ4v) is 10.9.